The van der Waals surface area contributed by atoms with Crippen molar-refractivity contribution in [2.75, 3.05) is 10.6 Å². The van der Waals surface area contributed by atoms with Gasteiger partial charge in [0.05, 0.1) is 54.3 Å². The van der Waals surface area contributed by atoms with Crippen LogP contribution in [0.1, 0.15) is 22.2 Å². The molecule has 0 fully saturated rings. The maximum atomic E-state index is 14.7. The molecule has 2 aromatic heterocycles. The number of fused-ring (bicyclic) bond motifs is 1. The predicted molar refractivity (Wildman–Crippen MR) is 137 cm³/mol. The van der Waals surface area contributed by atoms with Crippen molar-refractivity contribution < 1.29 is 4.39 Å². The molecular weight excluding hydrogens is 510 g/mol. The van der Waals surface area contributed by atoms with Gasteiger partial charge < -0.3 is 21.5 Å². The van der Waals surface area contributed by atoms with E-state index >= 15 is 0 Å². The van der Waals surface area contributed by atoms with Crippen LogP contribution in [0.15, 0.2) is 53.9 Å². The number of benzene rings is 2. The molecule has 0 aliphatic carbocycles. The molecule has 4 aromatic rings. The Balaban J connectivity index is 1.62. The van der Waals surface area contributed by atoms with Gasteiger partial charge in [0, 0.05) is 23.5 Å². The van der Waals surface area contributed by atoms with Gasteiger partial charge in [0.2, 0.25) is 0 Å². The molecule has 12 heteroatoms. The number of aryl methyl sites for hydroxylation is 1. The van der Waals surface area contributed by atoms with Gasteiger partial charge in [-0.15, -0.1) is 11.3 Å². The predicted octanol–water partition coefficient (Wildman–Crippen LogP) is 5.67. The largest absolute Gasteiger partial charge is 0.372 e. The SMILES string of the molecule is Cc1ncsc1[C@H](Nc1cc(Cl)c2ncc(C#N)c(Nc3cccc(Cl)c3F)c2c1)C1=CNNN1. The van der Waals surface area contributed by atoms with Crippen LogP contribution in [-0.4, -0.2) is 9.97 Å². The summed E-state index contributed by atoms with van der Waals surface area (Å²) >= 11 is 14.1. The first kappa shape index (κ1) is 23.1. The van der Waals surface area contributed by atoms with Crippen molar-refractivity contribution in [3.63, 3.8) is 0 Å². The number of hydrogen-bond donors (Lipinski definition) is 5. The molecule has 0 saturated heterocycles. The molecule has 176 valence electrons. The second-order valence-electron chi connectivity index (χ2n) is 7.61. The molecule has 2 aromatic carbocycles. The Morgan fingerprint density at radius 2 is 2.06 bits per heavy atom. The zero-order chi connectivity index (χ0) is 24.5. The quantitative estimate of drug-likeness (QED) is 0.218. The minimum absolute atomic E-state index is 0.0328. The van der Waals surface area contributed by atoms with E-state index in [4.69, 9.17) is 23.2 Å². The molecule has 8 nitrogen and oxygen atoms in total. The van der Waals surface area contributed by atoms with E-state index in [9.17, 15) is 9.65 Å². The first-order valence-corrected chi connectivity index (χ1v) is 12.0. The fourth-order valence-electron chi connectivity index (χ4n) is 3.75. The highest BCUT2D eigenvalue weighted by molar-refractivity contribution is 7.09. The van der Waals surface area contributed by atoms with E-state index in [2.05, 4.69) is 43.1 Å². The molecule has 3 heterocycles. The highest BCUT2D eigenvalue weighted by atomic mass is 35.5. The summed E-state index contributed by atoms with van der Waals surface area (Å²) in [5.74, 6) is -0.622. The summed E-state index contributed by atoms with van der Waals surface area (Å²) in [5, 5.41) is 17.1. The number of aromatic nitrogens is 2. The Hall–Kier alpha value is -3.62. The molecule has 35 heavy (non-hydrogen) atoms. The Kier molecular flexibility index (Phi) is 6.32. The third kappa shape index (κ3) is 4.42. The van der Waals surface area contributed by atoms with Crippen molar-refractivity contribution in [3.05, 3.63) is 85.9 Å². The summed E-state index contributed by atoms with van der Waals surface area (Å²) in [7, 11) is 0. The van der Waals surface area contributed by atoms with Crippen LogP contribution in [-0.2, 0) is 0 Å². The van der Waals surface area contributed by atoms with Crippen LogP contribution in [0.4, 0.5) is 21.5 Å². The van der Waals surface area contributed by atoms with Crippen molar-refractivity contribution in [2.45, 2.75) is 13.0 Å². The van der Waals surface area contributed by atoms with Crippen molar-refractivity contribution in [2.24, 2.45) is 0 Å². The lowest BCUT2D eigenvalue weighted by atomic mass is 10.1. The van der Waals surface area contributed by atoms with Gasteiger partial charge in [-0.05, 0) is 31.2 Å². The Morgan fingerprint density at radius 1 is 1.20 bits per heavy atom. The van der Waals surface area contributed by atoms with Gasteiger partial charge in [-0.3, -0.25) is 4.98 Å². The van der Waals surface area contributed by atoms with Crippen LogP contribution in [0, 0.1) is 24.1 Å². The first-order valence-electron chi connectivity index (χ1n) is 10.3. The average Bonchev–Trinajstić information content (AvgIpc) is 3.53. The van der Waals surface area contributed by atoms with E-state index in [1.54, 1.807) is 23.7 Å². The minimum Gasteiger partial charge on any atom is -0.372 e. The summed E-state index contributed by atoms with van der Waals surface area (Å²) in [6.45, 7) is 1.94. The highest BCUT2D eigenvalue weighted by Crippen LogP contribution is 2.38. The fourth-order valence-corrected chi connectivity index (χ4v) is 5.06. The van der Waals surface area contributed by atoms with Crippen molar-refractivity contribution in [1.82, 2.24) is 26.4 Å². The smallest absolute Gasteiger partial charge is 0.165 e. The zero-order valence-corrected chi connectivity index (χ0v) is 20.4. The lowest BCUT2D eigenvalue weighted by molar-refractivity contribution is 0.584. The number of thiazole rings is 1. The number of nitrogens with zero attached hydrogens (tertiary/aromatic N) is 3. The van der Waals surface area contributed by atoms with Gasteiger partial charge in [0.1, 0.15) is 12.1 Å². The highest BCUT2D eigenvalue weighted by Gasteiger charge is 2.24. The number of pyridine rings is 1. The molecular formula is C23H17Cl2FN8S. The summed E-state index contributed by atoms with van der Waals surface area (Å²) in [6, 6.07) is 10.0. The monoisotopic (exact) mass is 526 g/mol. The van der Waals surface area contributed by atoms with Gasteiger partial charge in [-0.1, -0.05) is 29.3 Å². The third-order valence-electron chi connectivity index (χ3n) is 5.43. The third-order valence-corrected chi connectivity index (χ3v) is 7.01. The molecule has 1 aliphatic heterocycles. The zero-order valence-electron chi connectivity index (χ0n) is 18.1. The van der Waals surface area contributed by atoms with E-state index in [1.807, 2.05) is 19.2 Å². The van der Waals surface area contributed by atoms with Crippen molar-refractivity contribution >= 4 is 62.5 Å². The van der Waals surface area contributed by atoms with E-state index in [0.29, 0.717) is 27.3 Å². The number of anilines is 3. The number of halogens is 3. The Labute approximate surface area is 213 Å². The van der Waals surface area contributed by atoms with E-state index in [0.717, 1.165) is 16.3 Å². The summed E-state index contributed by atoms with van der Waals surface area (Å²) in [4.78, 5) is 9.74. The lowest BCUT2D eigenvalue weighted by Crippen LogP contribution is -2.33. The van der Waals surface area contributed by atoms with Crippen LogP contribution in [0.3, 0.4) is 0 Å². The molecule has 0 radical (unpaired) electrons. The fraction of sp³-hybridized carbons (Fsp3) is 0.0870. The van der Waals surface area contributed by atoms with E-state index in [1.165, 1.54) is 23.6 Å². The summed E-state index contributed by atoms with van der Waals surface area (Å²) in [5.41, 5.74) is 14.2. The number of hydrazine groups is 2. The maximum absolute atomic E-state index is 14.7. The normalized spacial score (nSPS) is 13.5. The van der Waals surface area contributed by atoms with Crippen LogP contribution in [0.2, 0.25) is 10.0 Å². The first-order chi connectivity index (χ1) is 17.0. The molecule has 0 spiro atoms. The molecule has 0 unspecified atom stereocenters. The molecule has 5 N–H and O–H groups in total. The molecule has 0 saturated carbocycles. The maximum Gasteiger partial charge on any atom is 0.165 e. The van der Waals surface area contributed by atoms with Crippen LogP contribution in [0.5, 0.6) is 0 Å². The van der Waals surface area contributed by atoms with Gasteiger partial charge in [0.15, 0.2) is 5.82 Å². The Bertz CT molecular complexity index is 1510. The summed E-state index contributed by atoms with van der Waals surface area (Å²) in [6.07, 6.45) is 3.21. The van der Waals surface area contributed by atoms with E-state index < -0.39 is 5.82 Å². The average molecular weight is 527 g/mol. The van der Waals surface area contributed by atoms with Gasteiger partial charge in [-0.2, -0.15) is 10.8 Å². The lowest BCUT2D eigenvalue weighted by Gasteiger charge is -2.21. The van der Waals surface area contributed by atoms with Gasteiger partial charge >= 0.3 is 0 Å². The number of nitrogens with one attached hydrogen (secondary N) is 5. The van der Waals surface area contributed by atoms with Gasteiger partial charge in [0.25, 0.3) is 0 Å². The van der Waals surface area contributed by atoms with Crippen LogP contribution >= 0.6 is 34.5 Å². The number of hydrogen-bond acceptors (Lipinski definition) is 9. The van der Waals surface area contributed by atoms with E-state index in [-0.39, 0.29) is 22.3 Å². The van der Waals surface area contributed by atoms with Crippen LogP contribution < -0.4 is 27.0 Å². The molecule has 0 bridgehead atoms. The second-order valence-corrected chi connectivity index (χ2v) is 9.31. The number of rotatable bonds is 6. The summed E-state index contributed by atoms with van der Waals surface area (Å²) < 4.78 is 14.7. The molecule has 1 aliphatic rings. The van der Waals surface area contributed by atoms with Crippen molar-refractivity contribution in [3.8, 4) is 6.07 Å². The molecule has 1 atom stereocenters. The van der Waals surface area contributed by atoms with Crippen molar-refractivity contribution in [1.29, 1.82) is 5.26 Å². The topological polar surface area (TPSA) is 110 Å². The standard InChI is InChI=1S/C23H17Cl2FN8S/c1-11-23(35-10-29-11)22(18-9-30-34-33-18)31-13-5-14-20(32-17-4-2-3-15(24)19(17)26)12(7-27)8-28-21(14)16(25)6-13/h2-6,8-10,22,30-31,33-34H,1H3,(H,28,32)/t22-/m1/s1. The van der Waals surface area contributed by atoms with Gasteiger partial charge in [-0.25, -0.2) is 9.37 Å². The number of nitriles is 1. The Morgan fingerprint density at radius 3 is 2.77 bits per heavy atom. The molecule has 0 amide bonds. The minimum atomic E-state index is -0.622. The van der Waals surface area contributed by atoms with Crippen LogP contribution in [0.25, 0.3) is 10.9 Å². The molecule has 5 rings (SSSR count). The second kappa shape index (κ2) is 9.56.